The summed E-state index contributed by atoms with van der Waals surface area (Å²) in [5.74, 6) is -2.64. The highest BCUT2D eigenvalue weighted by Gasteiger charge is 2.40. The number of nitrogens with zero attached hydrogens (tertiary/aromatic N) is 3. The summed E-state index contributed by atoms with van der Waals surface area (Å²) in [7, 11) is 0. The minimum Gasteiger partial charge on any atom is -0.481 e. The van der Waals surface area contributed by atoms with Crippen LogP contribution in [0, 0.1) is 5.92 Å². The highest BCUT2D eigenvalue weighted by Crippen LogP contribution is 2.31. The molecule has 16 heavy (non-hydrogen) atoms. The Labute approximate surface area is 87.9 Å². The molecular formula is C8H8F3N3O2. The van der Waals surface area contributed by atoms with Crippen molar-refractivity contribution in [2.45, 2.75) is 25.6 Å². The average Bonchev–Trinajstić information content (AvgIpc) is 2.58. The molecule has 5 nitrogen and oxygen atoms in total. The van der Waals surface area contributed by atoms with Gasteiger partial charge in [0.05, 0.1) is 5.92 Å². The fourth-order valence-electron chi connectivity index (χ4n) is 1.75. The van der Waals surface area contributed by atoms with E-state index in [2.05, 4.69) is 10.2 Å². The maximum atomic E-state index is 12.4. The van der Waals surface area contributed by atoms with E-state index in [1.54, 1.807) is 0 Å². The summed E-state index contributed by atoms with van der Waals surface area (Å²) in [6.45, 7) is -0.00581. The van der Waals surface area contributed by atoms with E-state index in [0.717, 1.165) is 4.57 Å². The molecule has 0 fully saturated rings. The van der Waals surface area contributed by atoms with Gasteiger partial charge in [-0.3, -0.25) is 4.79 Å². The Kier molecular flexibility index (Phi) is 2.36. The quantitative estimate of drug-likeness (QED) is 0.786. The number of carboxylic acid groups (broad SMARTS) is 1. The van der Waals surface area contributed by atoms with Crippen LogP contribution in [0.1, 0.15) is 18.1 Å². The van der Waals surface area contributed by atoms with Crippen molar-refractivity contribution < 1.29 is 23.1 Å². The average molecular weight is 235 g/mol. The summed E-state index contributed by atoms with van der Waals surface area (Å²) < 4.78 is 38.2. The standard InChI is InChI=1S/C8H8F3N3O2/c9-8(10,11)7-13-12-5-3-4(6(15)16)1-2-14(5)7/h4H,1-3H2,(H,15,16). The van der Waals surface area contributed by atoms with Gasteiger partial charge >= 0.3 is 12.1 Å². The number of carbonyl (C=O) groups is 1. The Morgan fingerprint density at radius 1 is 1.44 bits per heavy atom. The van der Waals surface area contributed by atoms with E-state index in [9.17, 15) is 18.0 Å². The molecule has 88 valence electrons. The minimum absolute atomic E-state index is 0.00157. The van der Waals surface area contributed by atoms with Gasteiger partial charge in [0.15, 0.2) is 0 Å². The predicted molar refractivity (Wildman–Crippen MR) is 44.5 cm³/mol. The smallest absolute Gasteiger partial charge is 0.451 e. The van der Waals surface area contributed by atoms with Gasteiger partial charge in [-0.15, -0.1) is 10.2 Å². The molecular weight excluding hydrogens is 227 g/mol. The molecule has 2 heterocycles. The number of aliphatic carboxylic acids is 1. The highest BCUT2D eigenvalue weighted by molar-refractivity contribution is 5.70. The topological polar surface area (TPSA) is 68.0 Å². The van der Waals surface area contributed by atoms with Gasteiger partial charge in [-0.2, -0.15) is 13.2 Å². The lowest BCUT2D eigenvalue weighted by molar-refractivity contribution is -0.148. The van der Waals surface area contributed by atoms with Gasteiger partial charge in [0, 0.05) is 13.0 Å². The van der Waals surface area contributed by atoms with Crippen molar-refractivity contribution in [3.8, 4) is 0 Å². The number of hydrogen-bond donors (Lipinski definition) is 1. The summed E-state index contributed by atoms with van der Waals surface area (Å²) in [4.78, 5) is 10.7. The molecule has 0 radical (unpaired) electrons. The van der Waals surface area contributed by atoms with Crippen molar-refractivity contribution >= 4 is 5.97 Å². The zero-order valence-corrected chi connectivity index (χ0v) is 8.03. The Hall–Kier alpha value is -1.60. The van der Waals surface area contributed by atoms with Gasteiger partial charge in [0.1, 0.15) is 5.82 Å². The van der Waals surface area contributed by atoms with Crippen molar-refractivity contribution in [2.24, 2.45) is 5.92 Å². The molecule has 2 rings (SSSR count). The third kappa shape index (κ3) is 1.74. The van der Waals surface area contributed by atoms with E-state index < -0.39 is 23.9 Å². The first kappa shape index (κ1) is 10.9. The second kappa shape index (κ2) is 3.46. The zero-order chi connectivity index (χ0) is 11.9. The molecule has 1 aromatic rings. The van der Waals surface area contributed by atoms with E-state index in [-0.39, 0.29) is 25.2 Å². The fraction of sp³-hybridized carbons (Fsp3) is 0.625. The third-order valence-corrected chi connectivity index (χ3v) is 2.56. The van der Waals surface area contributed by atoms with Crippen LogP contribution in [0.5, 0.6) is 0 Å². The van der Waals surface area contributed by atoms with Crippen molar-refractivity contribution in [2.75, 3.05) is 0 Å². The number of rotatable bonds is 1. The number of fused-ring (bicyclic) bond motifs is 1. The normalized spacial score (nSPS) is 20.6. The molecule has 1 unspecified atom stereocenters. The summed E-state index contributed by atoms with van der Waals surface area (Å²) >= 11 is 0. The molecule has 8 heteroatoms. The molecule has 1 atom stereocenters. The van der Waals surface area contributed by atoms with Gasteiger partial charge in [0.2, 0.25) is 5.82 Å². The fourth-order valence-corrected chi connectivity index (χ4v) is 1.75. The van der Waals surface area contributed by atoms with Gasteiger partial charge in [-0.1, -0.05) is 0 Å². The van der Waals surface area contributed by atoms with Crippen molar-refractivity contribution in [1.29, 1.82) is 0 Å². The van der Waals surface area contributed by atoms with Crippen molar-refractivity contribution in [3.63, 3.8) is 0 Å². The lowest BCUT2D eigenvalue weighted by Gasteiger charge is -2.20. The second-order valence-corrected chi connectivity index (χ2v) is 3.62. The van der Waals surface area contributed by atoms with E-state index >= 15 is 0 Å². The number of hydrogen-bond acceptors (Lipinski definition) is 3. The number of carboxylic acids is 1. The van der Waals surface area contributed by atoms with Crippen LogP contribution >= 0.6 is 0 Å². The Morgan fingerprint density at radius 3 is 2.69 bits per heavy atom. The maximum absolute atomic E-state index is 12.4. The predicted octanol–water partition coefficient (Wildman–Crippen LogP) is 0.944. The van der Waals surface area contributed by atoms with Crippen molar-refractivity contribution in [1.82, 2.24) is 14.8 Å². The highest BCUT2D eigenvalue weighted by atomic mass is 19.4. The molecule has 1 aromatic heterocycles. The zero-order valence-electron chi connectivity index (χ0n) is 8.03. The molecule has 0 amide bonds. The van der Waals surface area contributed by atoms with Crippen LogP contribution in [-0.4, -0.2) is 25.8 Å². The van der Waals surface area contributed by atoms with Gasteiger partial charge in [0.25, 0.3) is 0 Å². The van der Waals surface area contributed by atoms with Crippen LogP contribution in [0.15, 0.2) is 0 Å². The Balaban J connectivity index is 2.31. The lowest BCUT2D eigenvalue weighted by atomic mass is 9.98. The van der Waals surface area contributed by atoms with E-state index in [4.69, 9.17) is 5.11 Å². The number of alkyl halides is 3. The van der Waals surface area contributed by atoms with E-state index in [0.29, 0.717) is 0 Å². The van der Waals surface area contributed by atoms with Crippen LogP contribution in [0.2, 0.25) is 0 Å². The summed E-state index contributed by atoms with van der Waals surface area (Å²) in [6, 6.07) is 0. The van der Waals surface area contributed by atoms with Gasteiger partial charge in [-0.05, 0) is 6.42 Å². The van der Waals surface area contributed by atoms with E-state index in [1.165, 1.54) is 0 Å². The monoisotopic (exact) mass is 235 g/mol. The minimum atomic E-state index is -4.54. The summed E-state index contributed by atoms with van der Waals surface area (Å²) in [6.07, 6.45) is -4.37. The largest absolute Gasteiger partial charge is 0.481 e. The third-order valence-electron chi connectivity index (χ3n) is 2.56. The van der Waals surface area contributed by atoms with Crippen LogP contribution in [-0.2, 0) is 23.9 Å². The first-order valence-electron chi connectivity index (χ1n) is 4.61. The SMILES string of the molecule is O=C(O)C1CCn2c(nnc2C(F)(F)F)C1. The van der Waals surface area contributed by atoms with Crippen LogP contribution in [0.3, 0.4) is 0 Å². The first-order chi connectivity index (χ1) is 7.39. The molecule has 0 aliphatic carbocycles. The lowest BCUT2D eigenvalue weighted by Crippen LogP contribution is -2.28. The van der Waals surface area contributed by atoms with Crippen LogP contribution < -0.4 is 0 Å². The molecule has 0 saturated carbocycles. The molecule has 1 N–H and O–H groups in total. The maximum Gasteiger partial charge on any atom is 0.451 e. The molecule has 0 spiro atoms. The van der Waals surface area contributed by atoms with Crippen molar-refractivity contribution in [3.05, 3.63) is 11.6 Å². The molecule has 0 bridgehead atoms. The summed E-state index contributed by atoms with van der Waals surface area (Å²) in [5.41, 5.74) is 0. The van der Waals surface area contributed by atoms with E-state index in [1.807, 2.05) is 0 Å². The molecule has 0 saturated heterocycles. The number of aromatic nitrogens is 3. The van der Waals surface area contributed by atoms with Gasteiger partial charge < -0.3 is 9.67 Å². The molecule has 1 aliphatic heterocycles. The Morgan fingerprint density at radius 2 is 2.12 bits per heavy atom. The second-order valence-electron chi connectivity index (χ2n) is 3.62. The van der Waals surface area contributed by atoms with Gasteiger partial charge in [-0.25, -0.2) is 0 Å². The first-order valence-corrected chi connectivity index (χ1v) is 4.61. The summed E-state index contributed by atoms with van der Waals surface area (Å²) in [5, 5.41) is 15.2. The molecule has 0 aromatic carbocycles. The molecule has 1 aliphatic rings. The van der Waals surface area contributed by atoms with Crippen LogP contribution in [0.4, 0.5) is 13.2 Å². The van der Waals surface area contributed by atoms with Crippen LogP contribution in [0.25, 0.3) is 0 Å². The Bertz CT molecular complexity index is 427. The number of halogens is 3.